The SMILES string of the molecule is CC(C)(C)NCc1ccc(N(Cc2ccccc2)Cc2ccccc2)c(C(F)(F)F)c1. The average molecular weight is 427 g/mol. The maximum atomic E-state index is 14.1. The first kappa shape index (κ1) is 22.9. The highest BCUT2D eigenvalue weighted by Gasteiger charge is 2.35. The van der Waals surface area contributed by atoms with Gasteiger partial charge in [-0.1, -0.05) is 66.7 Å². The molecule has 164 valence electrons. The molecule has 5 heteroatoms. The second kappa shape index (κ2) is 9.56. The molecule has 0 bridgehead atoms. The largest absolute Gasteiger partial charge is 0.418 e. The van der Waals surface area contributed by atoms with Crippen LogP contribution in [0.3, 0.4) is 0 Å². The van der Waals surface area contributed by atoms with Crippen LogP contribution in [0.5, 0.6) is 0 Å². The van der Waals surface area contributed by atoms with E-state index in [1.54, 1.807) is 17.0 Å². The van der Waals surface area contributed by atoms with Gasteiger partial charge < -0.3 is 10.2 Å². The van der Waals surface area contributed by atoms with E-state index in [1.165, 1.54) is 6.07 Å². The van der Waals surface area contributed by atoms with Crippen molar-refractivity contribution in [2.75, 3.05) is 4.90 Å². The van der Waals surface area contributed by atoms with Crippen molar-refractivity contribution >= 4 is 5.69 Å². The lowest BCUT2D eigenvalue weighted by molar-refractivity contribution is -0.137. The highest BCUT2D eigenvalue weighted by atomic mass is 19.4. The maximum Gasteiger partial charge on any atom is 0.418 e. The maximum absolute atomic E-state index is 14.1. The summed E-state index contributed by atoms with van der Waals surface area (Å²) in [5, 5.41) is 3.26. The Kier molecular flexibility index (Phi) is 7.06. The Morgan fingerprint density at radius 1 is 0.710 bits per heavy atom. The first-order valence-corrected chi connectivity index (χ1v) is 10.4. The van der Waals surface area contributed by atoms with Gasteiger partial charge >= 0.3 is 6.18 Å². The summed E-state index contributed by atoms with van der Waals surface area (Å²) < 4.78 is 42.3. The predicted molar refractivity (Wildman–Crippen MR) is 121 cm³/mol. The predicted octanol–water partition coefficient (Wildman–Crippen LogP) is 6.80. The number of benzene rings is 3. The fraction of sp³-hybridized carbons (Fsp3) is 0.308. The second-order valence-corrected chi connectivity index (χ2v) is 8.78. The fourth-order valence-corrected chi connectivity index (χ4v) is 3.40. The van der Waals surface area contributed by atoms with Crippen LogP contribution in [0.15, 0.2) is 78.9 Å². The minimum Gasteiger partial charge on any atom is -0.362 e. The van der Waals surface area contributed by atoms with Crippen molar-refractivity contribution in [2.24, 2.45) is 0 Å². The van der Waals surface area contributed by atoms with Gasteiger partial charge in [0.2, 0.25) is 0 Å². The quantitative estimate of drug-likeness (QED) is 0.447. The number of alkyl halides is 3. The van der Waals surface area contributed by atoms with E-state index in [2.05, 4.69) is 5.32 Å². The highest BCUT2D eigenvalue weighted by Crippen LogP contribution is 2.38. The van der Waals surface area contributed by atoms with E-state index < -0.39 is 11.7 Å². The molecule has 0 saturated heterocycles. The monoisotopic (exact) mass is 426 g/mol. The summed E-state index contributed by atoms with van der Waals surface area (Å²) in [6.07, 6.45) is -4.45. The molecule has 1 N–H and O–H groups in total. The molecule has 3 aromatic carbocycles. The van der Waals surface area contributed by atoms with Crippen LogP contribution >= 0.6 is 0 Å². The van der Waals surface area contributed by atoms with Gasteiger partial charge in [-0.05, 0) is 49.6 Å². The summed E-state index contributed by atoms with van der Waals surface area (Å²) in [5.41, 5.74) is 1.96. The summed E-state index contributed by atoms with van der Waals surface area (Å²) in [6.45, 7) is 7.13. The Balaban J connectivity index is 1.99. The molecule has 0 aliphatic heterocycles. The standard InChI is InChI=1S/C26H29F3N2/c1-25(2,3)30-17-22-14-15-24(23(16-22)26(27,28)29)31(18-20-10-6-4-7-11-20)19-21-12-8-5-9-13-21/h4-16,30H,17-19H2,1-3H3. The zero-order chi connectivity index (χ0) is 22.5. The normalized spacial score (nSPS) is 12.1. The molecule has 0 heterocycles. The first-order valence-electron chi connectivity index (χ1n) is 10.4. The number of rotatable bonds is 7. The number of hydrogen-bond acceptors (Lipinski definition) is 2. The van der Waals surface area contributed by atoms with Crippen LogP contribution in [0.4, 0.5) is 18.9 Å². The zero-order valence-electron chi connectivity index (χ0n) is 18.2. The molecule has 0 atom stereocenters. The van der Waals surface area contributed by atoms with Crippen molar-refractivity contribution in [3.8, 4) is 0 Å². The average Bonchev–Trinajstić information content (AvgIpc) is 2.72. The van der Waals surface area contributed by atoms with Crippen molar-refractivity contribution < 1.29 is 13.2 Å². The van der Waals surface area contributed by atoms with Gasteiger partial charge in [-0.25, -0.2) is 0 Å². The minimum atomic E-state index is -4.45. The number of hydrogen-bond donors (Lipinski definition) is 1. The lowest BCUT2D eigenvalue weighted by Gasteiger charge is -2.29. The van der Waals surface area contributed by atoms with Gasteiger partial charge in [0.1, 0.15) is 0 Å². The van der Waals surface area contributed by atoms with E-state index in [1.807, 2.05) is 81.4 Å². The minimum absolute atomic E-state index is 0.177. The molecule has 3 aromatic rings. The van der Waals surface area contributed by atoms with Crippen molar-refractivity contribution in [1.29, 1.82) is 0 Å². The van der Waals surface area contributed by atoms with Crippen LogP contribution in [-0.4, -0.2) is 5.54 Å². The summed E-state index contributed by atoms with van der Waals surface area (Å²) in [4.78, 5) is 1.80. The number of nitrogens with one attached hydrogen (secondary N) is 1. The van der Waals surface area contributed by atoms with Crippen molar-refractivity contribution in [1.82, 2.24) is 5.32 Å². The van der Waals surface area contributed by atoms with Crippen LogP contribution in [0.1, 0.15) is 43.0 Å². The van der Waals surface area contributed by atoms with Crippen LogP contribution < -0.4 is 10.2 Å². The fourth-order valence-electron chi connectivity index (χ4n) is 3.40. The lowest BCUT2D eigenvalue weighted by Crippen LogP contribution is -2.35. The molecule has 0 aliphatic carbocycles. The van der Waals surface area contributed by atoms with Crippen molar-refractivity contribution in [3.05, 3.63) is 101 Å². The number of nitrogens with zero attached hydrogens (tertiary/aromatic N) is 1. The molecular formula is C26H29F3N2. The lowest BCUT2D eigenvalue weighted by atomic mass is 10.0. The highest BCUT2D eigenvalue weighted by molar-refractivity contribution is 5.57. The molecule has 2 nitrogen and oxygen atoms in total. The summed E-state index contributed by atoms with van der Waals surface area (Å²) in [5.74, 6) is 0. The van der Waals surface area contributed by atoms with Gasteiger partial charge in [0, 0.05) is 30.9 Å². The molecule has 31 heavy (non-hydrogen) atoms. The Hall–Kier alpha value is -2.79. The van der Waals surface area contributed by atoms with E-state index in [-0.39, 0.29) is 11.2 Å². The Labute approximate surface area is 182 Å². The van der Waals surface area contributed by atoms with Gasteiger partial charge in [0.05, 0.1) is 5.56 Å². The third kappa shape index (κ3) is 6.86. The molecule has 0 unspecified atom stereocenters. The van der Waals surface area contributed by atoms with Crippen LogP contribution in [0.25, 0.3) is 0 Å². The molecule has 0 radical (unpaired) electrons. The van der Waals surface area contributed by atoms with Gasteiger partial charge in [-0.2, -0.15) is 13.2 Å². The number of anilines is 1. The number of halogens is 3. The first-order chi connectivity index (χ1) is 14.6. The van der Waals surface area contributed by atoms with Crippen molar-refractivity contribution in [2.45, 2.75) is 52.1 Å². The topological polar surface area (TPSA) is 15.3 Å². The second-order valence-electron chi connectivity index (χ2n) is 8.78. The van der Waals surface area contributed by atoms with Crippen LogP contribution in [0, 0.1) is 0 Å². The molecule has 0 aliphatic rings. The van der Waals surface area contributed by atoms with E-state index in [4.69, 9.17) is 0 Å². The molecule has 0 fully saturated rings. The van der Waals surface area contributed by atoms with E-state index in [0.717, 1.165) is 11.1 Å². The molecular weight excluding hydrogens is 397 g/mol. The Morgan fingerprint density at radius 3 is 1.68 bits per heavy atom. The van der Waals surface area contributed by atoms with E-state index >= 15 is 0 Å². The Morgan fingerprint density at radius 2 is 1.23 bits per heavy atom. The van der Waals surface area contributed by atoms with Gasteiger partial charge in [0.25, 0.3) is 0 Å². The van der Waals surface area contributed by atoms with E-state index in [9.17, 15) is 13.2 Å². The molecule has 0 spiro atoms. The third-order valence-electron chi connectivity index (χ3n) is 4.96. The van der Waals surface area contributed by atoms with Gasteiger partial charge in [0.15, 0.2) is 0 Å². The Bertz CT molecular complexity index is 920. The van der Waals surface area contributed by atoms with Crippen LogP contribution in [0.2, 0.25) is 0 Å². The van der Waals surface area contributed by atoms with Gasteiger partial charge in [-0.15, -0.1) is 0 Å². The molecule has 0 aromatic heterocycles. The summed E-state index contributed by atoms with van der Waals surface area (Å²) >= 11 is 0. The summed E-state index contributed by atoms with van der Waals surface area (Å²) in [7, 11) is 0. The van der Waals surface area contributed by atoms with Gasteiger partial charge in [-0.3, -0.25) is 0 Å². The van der Waals surface area contributed by atoms with E-state index in [0.29, 0.717) is 25.2 Å². The smallest absolute Gasteiger partial charge is 0.362 e. The molecule has 0 saturated carbocycles. The molecule has 3 rings (SSSR count). The van der Waals surface area contributed by atoms with Crippen LogP contribution in [-0.2, 0) is 25.8 Å². The van der Waals surface area contributed by atoms with Crippen molar-refractivity contribution in [3.63, 3.8) is 0 Å². The molecule has 0 amide bonds. The third-order valence-corrected chi connectivity index (χ3v) is 4.96. The zero-order valence-corrected chi connectivity index (χ0v) is 18.2. The summed E-state index contributed by atoms with van der Waals surface area (Å²) in [6, 6.07) is 23.8.